The number of hydrogen-bond acceptors (Lipinski definition) is 2. The number of anilines is 1. The molecule has 0 atom stereocenters. The van der Waals surface area contributed by atoms with Crippen LogP contribution in [0.15, 0.2) is 24.3 Å². The molecule has 1 rings (SSSR count). The van der Waals surface area contributed by atoms with Gasteiger partial charge < -0.3 is 11.8 Å². The van der Waals surface area contributed by atoms with Crippen LogP contribution in [-0.2, 0) is 4.79 Å². The van der Waals surface area contributed by atoms with E-state index in [0.29, 0.717) is 10.7 Å². The number of benzene rings is 1. The summed E-state index contributed by atoms with van der Waals surface area (Å²) in [6, 6.07) is 7.00. The molecule has 13 heavy (non-hydrogen) atoms. The summed E-state index contributed by atoms with van der Waals surface area (Å²) in [6.07, 6.45) is 0. The van der Waals surface area contributed by atoms with Crippen LogP contribution in [0.1, 0.15) is 1.43 Å². The van der Waals surface area contributed by atoms with E-state index in [0.717, 1.165) is 0 Å². The summed E-state index contributed by atoms with van der Waals surface area (Å²) in [7, 11) is 0. The van der Waals surface area contributed by atoms with Crippen LogP contribution in [0.5, 0.6) is 0 Å². The van der Waals surface area contributed by atoms with Gasteiger partial charge in [-0.25, -0.2) is 0 Å². The Hall–Kier alpha value is 0.416. The second-order valence-electron chi connectivity index (χ2n) is 2.23. The largest absolute Gasteiger partial charge is 1.00 e. The quantitative estimate of drug-likeness (QED) is 0.646. The van der Waals surface area contributed by atoms with E-state index in [1.54, 1.807) is 24.3 Å². The van der Waals surface area contributed by atoms with Gasteiger partial charge in [0.1, 0.15) is 6.54 Å². The Kier molecular flexibility index (Phi) is 7.03. The Morgan fingerprint density at radius 2 is 2.15 bits per heavy atom. The molecule has 1 aromatic rings. The predicted molar refractivity (Wildman–Crippen MR) is 48.7 cm³/mol. The molecule has 0 aromatic heterocycles. The van der Waals surface area contributed by atoms with Crippen molar-refractivity contribution in [1.82, 2.24) is 0 Å². The number of nitrogens with one attached hydrogen (secondary N) is 1. The average molecular weight is 226 g/mol. The van der Waals surface area contributed by atoms with Crippen molar-refractivity contribution in [3.63, 3.8) is 0 Å². The minimum absolute atomic E-state index is 0. The van der Waals surface area contributed by atoms with E-state index in [-0.39, 0.29) is 59.4 Å². The fourth-order valence-corrected chi connectivity index (χ4v) is 0.978. The van der Waals surface area contributed by atoms with E-state index >= 15 is 0 Å². The Balaban J connectivity index is 0. The van der Waals surface area contributed by atoms with Gasteiger partial charge >= 0.3 is 57.4 Å². The van der Waals surface area contributed by atoms with Crippen molar-refractivity contribution < 1.29 is 62.7 Å². The Morgan fingerprint density at radius 1 is 1.54 bits per heavy atom. The summed E-state index contributed by atoms with van der Waals surface area (Å²) in [5.41, 5.74) is 0.640. The second-order valence-corrected chi connectivity index (χ2v) is 2.63. The summed E-state index contributed by atoms with van der Waals surface area (Å²) in [4.78, 5) is 10.2. The molecule has 0 spiro atoms. The zero-order valence-corrected chi connectivity index (χ0v) is 11.1. The zero-order valence-electron chi connectivity index (χ0n) is 8.25. The number of carboxylic acids is 1. The fourth-order valence-electron chi connectivity index (χ4n) is 0.775. The molecule has 0 saturated heterocycles. The van der Waals surface area contributed by atoms with Crippen molar-refractivity contribution >= 4 is 23.3 Å². The van der Waals surface area contributed by atoms with Crippen LogP contribution in [-0.4, -0.2) is 17.6 Å². The number of hydrogen-bond donors (Lipinski definition) is 2. The molecule has 0 bridgehead atoms. The maximum atomic E-state index is 10.2. The third-order valence-electron chi connectivity index (χ3n) is 1.30. The van der Waals surface area contributed by atoms with Crippen LogP contribution in [0.2, 0.25) is 5.02 Å². The minimum Gasteiger partial charge on any atom is -1.00 e. The molecule has 66 valence electrons. The molecule has 0 saturated carbocycles. The summed E-state index contributed by atoms with van der Waals surface area (Å²) >= 11 is 5.75. The first kappa shape index (κ1) is 13.4. The molecule has 1 aromatic carbocycles. The van der Waals surface area contributed by atoms with Crippen molar-refractivity contribution in [2.75, 3.05) is 11.9 Å². The van der Waals surface area contributed by atoms with Crippen LogP contribution < -0.4 is 56.7 Å². The molecular formula is C8H9ClKNO2. The van der Waals surface area contributed by atoms with Gasteiger partial charge in [-0.05, 0) is 12.1 Å². The Bertz CT molecular complexity index is 298. The molecule has 0 aliphatic carbocycles. The number of rotatable bonds is 3. The van der Waals surface area contributed by atoms with Crippen molar-refractivity contribution in [3.05, 3.63) is 29.3 Å². The molecule has 0 amide bonds. The molecule has 0 heterocycles. The molecule has 0 radical (unpaired) electrons. The Labute approximate surface area is 125 Å². The van der Waals surface area contributed by atoms with Crippen molar-refractivity contribution in [3.8, 4) is 0 Å². The Morgan fingerprint density at radius 3 is 2.69 bits per heavy atom. The SMILES string of the molecule is O=C(O)CNc1ccccc1Cl.[H-].[K+]. The van der Waals surface area contributed by atoms with Crippen LogP contribution in [0, 0.1) is 0 Å². The first-order chi connectivity index (χ1) is 5.70. The van der Waals surface area contributed by atoms with Gasteiger partial charge in [-0.1, -0.05) is 23.7 Å². The summed E-state index contributed by atoms with van der Waals surface area (Å²) in [5, 5.41) is 11.6. The van der Waals surface area contributed by atoms with Gasteiger partial charge in [-0.15, -0.1) is 0 Å². The molecule has 3 nitrogen and oxygen atoms in total. The molecule has 0 aliphatic heterocycles. The van der Waals surface area contributed by atoms with Crippen LogP contribution >= 0.6 is 11.6 Å². The number of halogens is 1. The average Bonchev–Trinajstić information content (AvgIpc) is 2.03. The number of para-hydroxylation sites is 1. The first-order valence-electron chi connectivity index (χ1n) is 3.40. The molecule has 5 heteroatoms. The summed E-state index contributed by atoms with van der Waals surface area (Å²) in [5.74, 6) is -0.907. The normalized spacial score (nSPS) is 8.69. The molecule has 0 fully saturated rings. The van der Waals surface area contributed by atoms with Gasteiger partial charge in [-0.2, -0.15) is 0 Å². The van der Waals surface area contributed by atoms with Gasteiger partial charge in [0.15, 0.2) is 0 Å². The maximum Gasteiger partial charge on any atom is 1.00 e. The predicted octanol–water partition coefficient (Wildman–Crippen LogP) is -1.05. The van der Waals surface area contributed by atoms with E-state index in [1.165, 1.54) is 0 Å². The fraction of sp³-hybridized carbons (Fsp3) is 0.125. The molecule has 0 aliphatic rings. The van der Waals surface area contributed by atoms with E-state index in [2.05, 4.69) is 5.32 Å². The minimum atomic E-state index is -0.907. The number of carboxylic acid groups (broad SMARTS) is 1. The molecule has 0 unspecified atom stereocenters. The monoisotopic (exact) mass is 225 g/mol. The van der Waals surface area contributed by atoms with Crippen LogP contribution in [0.25, 0.3) is 0 Å². The third-order valence-corrected chi connectivity index (χ3v) is 1.63. The van der Waals surface area contributed by atoms with Crippen molar-refractivity contribution in [1.29, 1.82) is 0 Å². The number of carbonyl (C=O) groups is 1. The third kappa shape index (κ3) is 5.00. The van der Waals surface area contributed by atoms with Crippen LogP contribution in [0.4, 0.5) is 5.69 Å². The zero-order chi connectivity index (χ0) is 8.97. The van der Waals surface area contributed by atoms with Crippen LogP contribution in [0.3, 0.4) is 0 Å². The summed E-state index contributed by atoms with van der Waals surface area (Å²) < 4.78 is 0. The van der Waals surface area contributed by atoms with E-state index in [9.17, 15) is 4.79 Å². The topological polar surface area (TPSA) is 49.3 Å². The van der Waals surface area contributed by atoms with Crippen molar-refractivity contribution in [2.24, 2.45) is 0 Å². The van der Waals surface area contributed by atoms with E-state index in [4.69, 9.17) is 16.7 Å². The van der Waals surface area contributed by atoms with Gasteiger partial charge in [0, 0.05) is 0 Å². The van der Waals surface area contributed by atoms with Gasteiger partial charge in [0.25, 0.3) is 0 Å². The summed E-state index contributed by atoms with van der Waals surface area (Å²) in [6.45, 7) is -0.121. The smallest absolute Gasteiger partial charge is 1.00 e. The second kappa shape index (κ2) is 6.81. The number of aliphatic carboxylic acids is 1. The van der Waals surface area contributed by atoms with Gasteiger partial charge in [0.2, 0.25) is 0 Å². The maximum absolute atomic E-state index is 10.2. The molecular weight excluding hydrogens is 217 g/mol. The van der Waals surface area contributed by atoms with Crippen molar-refractivity contribution in [2.45, 2.75) is 0 Å². The van der Waals surface area contributed by atoms with E-state index in [1.807, 2.05) is 0 Å². The van der Waals surface area contributed by atoms with Gasteiger partial charge in [0.05, 0.1) is 10.7 Å². The van der Waals surface area contributed by atoms with E-state index < -0.39 is 5.97 Å². The standard InChI is InChI=1S/C8H8ClNO2.K.H/c9-6-3-1-2-4-7(6)10-5-8(11)12;;/h1-4,10H,5H2,(H,11,12);;/q;+1;-1. The van der Waals surface area contributed by atoms with Gasteiger partial charge in [-0.3, -0.25) is 4.79 Å². The first-order valence-corrected chi connectivity index (χ1v) is 3.78. The molecule has 2 N–H and O–H groups in total.